The molecule has 0 amide bonds. The van der Waals surface area contributed by atoms with E-state index in [1.54, 1.807) is 0 Å². The standard InChI is InChI=1S/C16H31N2/c1-4-6-8-9-10-11-13-18-15-14-17(3)16(18)12-7-5-2/h14-15H,4-13H2,1-3H3/q+1. The lowest BCUT2D eigenvalue weighted by molar-refractivity contribution is -0.704. The summed E-state index contributed by atoms with van der Waals surface area (Å²) in [6.07, 6.45) is 16.5. The van der Waals surface area contributed by atoms with Crippen LogP contribution >= 0.6 is 0 Å². The first-order chi connectivity index (χ1) is 8.79. The van der Waals surface area contributed by atoms with E-state index in [-0.39, 0.29) is 0 Å². The highest BCUT2D eigenvalue weighted by Crippen LogP contribution is 2.06. The number of aryl methyl sites for hydroxylation is 2. The number of unbranched alkanes of at least 4 members (excludes halogenated alkanes) is 6. The van der Waals surface area contributed by atoms with Crippen LogP contribution in [0.3, 0.4) is 0 Å². The Labute approximate surface area is 113 Å². The minimum absolute atomic E-state index is 1.20. The Morgan fingerprint density at radius 1 is 0.944 bits per heavy atom. The van der Waals surface area contributed by atoms with Gasteiger partial charge in [0.1, 0.15) is 12.4 Å². The number of nitrogens with zero attached hydrogens (tertiary/aromatic N) is 2. The summed E-state index contributed by atoms with van der Waals surface area (Å²) in [5, 5.41) is 0. The summed E-state index contributed by atoms with van der Waals surface area (Å²) < 4.78 is 4.74. The van der Waals surface area contributed by atoms with Gasteiger partial charge in [0.15, 0.2) is 0 Å². The van der Waals surface area contributed by atoms with Crippen LogP contribution in [0.2, 0.25) is 0 Å². The highest BCUT2D eigenvalue weighted by Gasteiger charge is 2.12. The van der Waals surface area contributed by atoms with Crippen molar-refractivity contribution in [1.29, 1.82) is 0 Å². The highest BCUT2D eigenvalue weighted by molar-refractivity contribution is 4.82. The van der Waals surface area contributed by atoms with E-state index in [1.165, 1.54) is 70.2 Å². The molecule has 104 valence electrons. The molecule has 1 heterocycles. The fourth-order valence-corrected chi connectivity index (χ4v) is 2.48. The molecule has 0 aliphatic rings. The molecule has 0 unspecified atom stereocenters. The Hall–Kier alpha value is -0.790. The van der Waals surface area contributed by atoms with Crippen molar-refractivity contribution in [2.24, 2.45) is 7.05 Å². The van der Waals surface area contributed by atoms with Gasteiger partial charge in [-0.05, 0) is 19.3 Å². The van der Waals surface area contributed by atoms with Crippen LogP contribution in [0.25, 0.3) is 0 Å². The molecule has 1 aromatic heterocycles. The normalized spacial score (nSPS) is 11.1. The zero-order chi connectivity index (χ0) is 13.2. The van der Waals surface area contributed by atoms with Gasteiger partial charge in [0.05, 0.1) is 13.6 Å². The van der Waals surface area contributed by atoms with Crippen LogP contribution in [0.15, 0.2) is 12.4 Å². The number of imidazole rings is 1. The smallest absolute Gasteiger partial charge is 0.237 e. The summed E-state index contributed by atoms with van der Waals surface area (Å²) in [4.78, 5) is 0. The quantitative estimate of drug-likeness (QED) is 0.439. The van der Waals surface area contributed by atoms with Gasteiger partial charge in [-0.2, -0.15) is 0 Å². The Balaban J connectivity index is 2.28. The van der Waals surface area contributed by atoms with Crippen molar-refractivity contribution in [3.63, 3.8) is 0 Å². The maximum absolute atomic E-state index is 2.45. The molecule has 0 aromatic carbocycles. The monoisotopic (exact) mass is 251 g/mol. The predicted octanol–water partition coefficient (Wildman–Crippen LogP) is 4.02. The Morgan fingerprint density at radius 3 is 2.33 bits per heavy atom. The largest absolute Gasteiger partial charge is 0.256 e. The van der Waals surface area contributed by atoms with E-state index < -0.39 is 0 Å². The van der Waals surface area contributed by atoms with Gasteiger partial charge < -0.3 is 0 Å². The molecule has 0 N–H and O–H groups in total. The Bertz CT molecular complexity index is 315. The van der Waals surface area contributed by atoms with Gasteiger partial charge in [0, 0.05) is 6.42 Å². The van der Waals surface area contributed by atoms with Crippen molar-refractivity contribution in [2.75, 3.05) is 0 Å². The summed E-state index contributed by atoms with van der Waals surface area (Å²) >= 11 is 0. The molecule has 18 heavy (non-hydrogen) atoms. The first-order valence-corrected chi connectivity index (χ1v) is 7.83. The first kappa shape index (κ1) is 15.3. The fourth-order valence-electron chi connectivity index (χ4n) is 2.48. The fraction of sp³-hybridized carbons (Fsp3) is 0.812. The number of hydrogen-bond donors (Lipinski definition) is 0. The van der Waals surface area contributed by atoms with Crippen molar-refractivity contribution in [3.8, 4) is 0 Å². The zero-order valence-corrected chi connectivity index (χ0v) is 12.6. The molecule has 0 spiro atoms. The maximum atomic E-state index is 2.45. The van der Waals surface area contributed by atoms with Gasteiger partial charge in [-0.1, -0.05) is 46.0 Å². The predicted molar refractivity (Wildman–Crippen MR) is 77.6 cm³/mol. The highest BCUT2D eigenvalue weighted by atomic mass is 15.1. The summed E-state index contributed by atoms with van der Waals surface area (Å²) in [5.74, 6) is 1.49. The van der Waals surface area contributed by atoms with Crippen LogP contribution in [0.1, 0.15) is 71.0 Å². The Kier molecular flexibility index (Phi) is 7.79. The van der Waals surface area contributed by atoms with E-state index in [0.717, 1.165) is 0 Å². The lowest BCUT2D eigenvalue weighted by atomic mass is 10.1. The SMILES string of the molecule is CCCCCCCC[n+]1ccn(C)c1CCCC. The lowest BCUT2D eigenvalue weighted by Crippen LogP contribution is -2.37. The molecular weight excluding hydrogens is 220 g/mol. The summed E-state index contributed by atoms with van der Waals surface area (Å²) in [6, 6.07) is 0. The third kappa shape index (κ3) is 5.24. The van der Waals surface area contributed by atoms with Crippen molar-refractivity contribution >= 4 is 0 Å². The van der Waals surface area contributed by atoms with Crippen molar-refractivity contribution in [1.82, 2.24) is 4.57 Å². The molecule has 0 radical (unpaired) electrons. The summed E-state index contributed by atoms with van der Waals surface area (Å²) in [7, 11) is 2.17. The van der Waals surface area contributed by atoms with Gasteiger partial charge in [-0.3, -0.25) is 0 Å². The molecular formula is C16H31N2+. The second-order valence-electron chi connectivity index (χ2n) is 5.39. The van der Waals surface area contributed by atoms with Gasteiger partial charge in [0.2, 0.25) is 0 Å². The minimum atomic E-state index is 1.20. The minimum Gasteiger partial charge on any atom is -0.237 e. The average molecular weight is 251 g/mol. The molecule has 0 saturated heterocycles. The molecule has 0 fully saturated rings. The number of rotatable bonds is 10. The summed E-state index contributed by atoms with van der Waals surface area (Å²) in [6.45, 7) is 5.74. The number of aromatic nitrogens is 2. The van der Waals surface area contributed by atoms with Gasteiger partial charge in [-0.15, -0.1) is 0 Å². The van der Waals surface area contributed by atoms with E-state index >= 15 is 0 Å². The molecule has 2 heteroatoms. The topological polar surface area (TPSA) is 8.81 Å². The molecule has 0 atom stereocenters. The van der Waals surface area contributed by atoms with Crippen LogP contribution in [-0.4, -0.2) is 4.57 Å². The van der Waals surface area contributed by atoms with Gasteiger partial charge >= 0.3 is 0 Å². The van der Waals surface area contributed by atoms with Gasteiger partial charge in [-0.25, -0.2) is 9.13 Å². The average Bonchev–Trinajstić information content (AvgIpc) is 2.72. The van der Waals surface area contributed by atoms with E-state index in [1.807, 2.05) is 0 Å². The first-order valence-electron chi connectivity index (χ1n) is 7.83. The zero-order valence-electron chi connectivity index (χ0n) is 12.6. The summed E-state index contributed by atoms with van der Waals surface area (Å²) in [5.41, 5.74) is 0. The molecule has 0 aliphatic carbocycles. The Morgan fingerprint density at radius 2 is 1.61 bits per heavy atom. The number of hydrogen-bond acceptors (Lipinski definition) is 0. The van der Waals surface area contributed by atoms with Crippen LogP contribution < -0.4 is 4.57 Å². The van der Waals surface area contributed by atoms with Crippen molar-refractivity contribution < 1.29 is 4.57 Å². The van der Waals surface area contributed by atoms with E-state index in [9.17, 15) is 0 Å². The second-order valence-corrected chi connectivity index (χ2v) is 5.39. The van der Waals surface area contributed by atoms with Crippen molar-refractivity contribution in [3.05, 3.63) is 18.2 Å². The molecule has 0 bridgehead atoms. The van der Waals surface area contributed by atoms with Gasteiger partial charge in [0.25, 0.3) is 5.82 Å². The van der Waals surface area contributed by atoms with Crippen LogP contribution in [0, 0.1) is 0 Å². The molecule has 1 rings (SSSR count). The molecule has 0 saturated carbocycles. The van der Waals surface area contributed by atoms with E-state index in [4.69, 9.17) is 0 Å². The van der Waals surface area contributed by atoms with Crippen LogP contribution in [-0.2, 0) is 20.0 Å². The third-order valence-corrected chi connectivity index (χ3v) is 3.72. The molecule has 2 nitrogen and oxygen atoms in total. The van der Waals surface area contributed by atoms with E-state index in [2.05, 4.69) is 42.4 Å². The third-order valence-electron chi connectivity index (χ3n) is 3.72. The maximum Gasteiger partial charge on any atom is 0.256 e. The van der Waals surface area contributed by atoms with E-state index in [0.29, 0.717) is 0 Å². The van der Waals surface area contributed by atoms with Crippen molar-refractivity contribution in [2.45, 2.75) is 78.2 Å². The lowest BCUT2D eigenvalue weighted by Gasteiger charge is -2.03. The van der Waals surface area contributed by atoms with Crippen LogP contribution in [0.4, 0.5) is 0 Å². The second kappa shape index (κ2) is 9.18. The molecule has 0 aliphatic heterocycles. The molecule has 1 aromatic rings. The van der Waals surface area contributed by atoms with Crippen LogP contribution in [0.5, 0.6) is 0 Å².